The second kappa shape index (κ2) is 8.66. The van der Waals surface area contributed by atoms with Gasteiger partial charge >= 0.3 is 6.09 Å². The number of carbonyl (C=O) groups excluding carboxylic acids is 2. The Balaban J connectivity index is 1.32. The minimum absolute atomic E-state index is 0.207. The van der Waals surface area contributed by atoms with E-state index in [1.54, 1.807) is 42.5 Å². The summed E-state index contributed by atoms with van der Waals surface area (Å²) in [5.74, 6) is 0.524. The quantitative estimate of drug-likeness (QED) is 0.612. The van der Waals surface area contributed by atoms with Gasteiger partial charge in [0.15, 0.2) is 5.60 Å². The highest BCUT2D eigenvalue weighted by Gasteiger charge is 2.51. The Morgan fingerprint density at radius 1 is 1.15 bits per heavy atom. The third kappa shape index (κ3) is 4.12. The summed E-state index contributed by atoms with van der Waals surface area (Å²) in [5.41, 5.74) is 0.790. The van der Waals surface area contributed by atoms with Crippen LogP contribution in [0.1, 0.15) is 16.8 Å². The molecule has 0 unspecified atom stereocenters. The van der Waals surface area contributed by atoms with Crippen molar-refractivity contribution in [3.8, 4) is 5.75 Å². The van der Waals surface area contributed by atoms with Crippen LogP contribution in [0, 0.1) is 5.82 Å². The van der Waals surface area contributed by atoms with Gasteiger partial charge in [-0.15, -0.1) is 0 Å². The fourth-order valence-corrected chi connectivity index (χ4v) is 4.36. The zero-order valence-electron chi connectivity index (χ0n) is 18.5. The summed E-state index contributed by atoms with van der Waals surface area (Å²) in [5, 5.41) is 3.19. The van der Waals surface area contributed by atoms with E-state index in [4.69, 9.17) is 9.47 Å². The number of aromatic nitrogens is 1. The van der Waals surface area contributed by atoms with Crippen LogP contribution in [0.5, 0.6) is 5.75 Å². The minimum atomic E-state index is -0.829. The maximum Gasteiger partial charge on any atom is 0.415 e. The molecule has 2 saturated heterocycles. The van der Waals surface area contributed by atoms with Crippen molar-refractivity contribution in [2.45, 2.75) is 12.0 Å². The van der Waals surface area contributed by atoms with E-state index in [1.807, 2.05) is 24.3 Å². The number of anilines is 3. The predicted molar refractivity (Wildman–Crippen MR) is 124 cm³/mol. The lowest BCUT2D eigenvalue weighted by Gasteiger charge is -2.23. The third-order valence-corrected chi connectivity index (χ3v) is 6.08. The van der Waals surface area contributed by atoms with Crippen LogP contribution >= 0.6 is 0 Å². The number of amides is 2. The molecule has 3 heterocycles. The van der Waals surface area contributed by atoms with E-state index in [0.717, 1.165) is 11.4 Å². The summed E-state index contributed by atoms with van der Waals surface area (Å²) in [6.45, 7) is 0.934. The van der Waals surface area contributed by atoms with Crippen LogP contribution < -0.4 is 15.0 Å². The zero-order chi connectivity index (χ0) is 23.7. The maximum absolute atomic E-state index is 13.7. The van der Waals surface area contributed by atoms with Gasteiger partial charge in [0.25, 0.3) is 5.91 Å². The first-order valence-electron chi connectivity index (χ1n) is 10.9. The Kier molecular flexibility index (Phi) is 5.53. The molecule has 3 aromatic rings. The van der Waals surface area contributed by atoms with Gasteiger partial charge in [0.05, 0.1) is 31.5 Å². The van der Waals surface area contributed by atoms with Crippen LogP contribution in [0.4, 0.5) is 26.4 Å². The van der Waals surface area contributed by atoms with Gasteiger partial charge in [-0.05, 0) is 54.6 Å². The molecule has 0 radical (unpaired) electrons. The molecule has 5 rings (SSSR count). The number of likely N-dealkylation sites (tertiary alicyclic amines) is 1. The van der Waals surface area contributed by atoms with Crippen molar-refractivity contribution in [2.24, 2.45) is 0 Å². The monoisotopic (exact) mass is 462 g/mol. The minimum Gasteiger partial charge on any atom is -0.497 e. The highest BCUT2D eigenvalue weighted by atomic mass is 19.1. The van der Waals surface area contributed by atoms with Crippen molar-refractivity contribution in [3.63, 3.8) is 0 Å². The fourth-order valence-electron chi connectivity index (χ4n) is 4.36. The average Bonchev–Trinajstić information content (AvgIpc) is 3.41. The Bertz CT molecular complexity index is 1240. The van der Waals surface area contributed by atoms with Gasteiger partial charge in [-0.2, -0.15) is 0 Å². The molecule has 0 bridgehead atoms. The lowest BCUT2D eigenvalue weighted by molar-refractivity contribution is 0.0554. The molecule has 1 atom stereocenters. The summed E-state index contributed by atoms with van der Waals surface area (Å²) in [6, 6.07) is 16.6. The molecular formula is C25H23FN4O4. The summed E-state index contributed by atoms with van der Waals surface area (Å²) in [4.78, 5) is 33.4. The van der Waals surface area contributed by atoms with Crippen LogP contribution in [0.25, 0.3) is 0 Å². The van der Waals surface area contributed by atoms with E-state index in [2.05, 4.69) is 10.3 Å². The molecule has 2 aromatic carbocycles. The lowest BCUT2D eigenvalue weighted by Crippen LogP contribution is -2.39. The van der Waals surface area contributed by atoms with E-state index in [9.17, 15) is 14.0 Å². The molecule has 2 aliphatic rings. The molecule has 2 fully saturated rings. The number of hydrogen-bond donors (Lipinski definition) is 1. The molecule has 0 aliphatic carbocycles. The Morgan fingerprint density at radius 2 is 1.97 bits per heavy atom. The molecular weight excluding hydrogens is 439 g/mol. The molecule has 34 heavy (non-hydrogen) atoms. The molecule has 8 nitrogen and oxygen atoms in total. The second-order valence-corrected chi connectivity index (χ2v) is 8.35. The summed E-state index contributed by atoms with van der Waals surface area (Å²) >= 11 is 0. The number of nitrogens with zero attached hydrogens (tertiary/aromatic N) is 3. The number of methoxy groups -OCH3 is 1. The number of hydrogen-bond acceptors (Lipinski definition) is 6. The SMILES string of the molecule is COc1ccc(Nc2ncccc2C(=O)N2CC[C@@]3(C2)CN(c2cccc(F)c2)C(=O)O3)cc1. The van der Waals surface area contributed by atoms with Gasteiger partial charge < -0.3 is 19.7 Å². The number of benzene rings is 2. The molecule has 1 aromatic heterocycles. The van der Waals surface area contributed by atoms with Crippen molar-refractivity contribution in [2.75, 3.05) is 37.0 Å². The number of rotatable bonds is 5. The smallest absolute Gasteiger partial charge is 0.415 e. The number of halogens is 1. The first kappa shape index (κ1) is 21.7. The zero-order valence-corrected chi connectivity index (χ0v) is 18.5. The van der Waals surface area contributed by atoms with Gasteiger partial charge in [0.1, 0.15) is 17.4 Å². The number of ether oxygens (including phenoxy) is 2. The third-order valence-electron chi connectivity index (χ3n) is 6.08. The van der Waals surface area contributed by atoms with Gasteiger partial charge in [-0.25, -0.2) is 14.2 Å². The van der Waals surface area contributed by atoms with Gasteiger partial charge in [-0.3, -0.25) is 9.69 Å². The molecule has 1 N–H and O–H groups in total. The predicted octanol–water partition coefficient (Wildman–Crippen LogP) is 4.21. The van der Waals surface area contributed by atoms with Crippen LogP contribution in [0.15, 0.2) is 66.9 Å². The topological polar surface area (TPSA) is 84.0 Å². The largest absolute Gasteiger partial charge is 0.497 e. The number of nitrogens with one attached hydrogen (secondary N) is 1. The Labute approximate surface area is 195 Å². The summed E-state index contributed by atoms with van der Waals surface area (Å²) < 4.78 is 24.5. The highest BCUT2D eigenvalue weighted by Crippen LogP contribution is 2.36. The molecule has 0 saturated carbocycles. The van der Waals surface area contributed by atoms with Crippen LogP contribution in [-0.4, -0.2) is 54.2 Å². The van der Waals surface area contributed by atoms with Gasteiger partial charge in [0.2, 0.25) is 0 Å². The fraction of sp³-hybridized carbons (Fsp3) is 0.240. The molecule has 2 amide bonds. The van der Waals surface area contributed by atoms with Crippen molar-refractivity contribution in [3.05, 3.63) is 78.2 Å². The van der Waals surface area contributed by atoms with Crippen LogP contribution in [0.3, 0.4) is 0 Å². The number of carbonyl (C=O) groups is 2. The normalized spacial score (nSPS) is 19.4. The van der Waals surface area contributed by atoms with E-state index >= 15 is 0 Å². The summed E-state index contributed by atoms with van der Waals surface area (Å²) in [6.07, 6.45) is 1.57. The van der Waals surface area contributed by atoms with Gasteiger partial charge in [0, 0.05) is 24.8 Å². The second-order valence-electron chi connectivity index (χ2n) is 8.35. The van der Waals surface area contributed by atoms with Crippen molar-refractivity contribution < 1.29 is 23.5 Å². The van der Waals surface area contributed by atoms with E-state index in [-0.39, 0.29) is 19.0 Å². The van der Waals surface area contributed by atoms with E-state index in [1.165, 1.54) is 17.0 Å². The lowest BCUT2D eigenvalue weighted by atomic mass is 10.0. The summed E-state index contributed by atoms with van der Waals surface area (Å²) in [7, 11) is 1.60. The molecule has 1 spiro atoms. The number of pyridine rings is 1. The molecule has 2 aliphatic heterocycles. The Morgan fingerprint density at radius 3 is 2.74 bits per heavy atom. The van der Waals surface area contributed by atoms with Crippen molar-refractivity contribution in [1.82, 2.24) is 9.88 Å². The standard InChI is InChI=1S/C25H23FN4O4/c1-33-20-9-7-18(8-10-20)28-22-21(6-3-12-27-22)23(31)29-13-11-25(15-29)16-30(24(32)34-25)19-5-2-4-17(26)14-19/h2-10,12,14H,11,13,15-16H2,1H3,(H,27,28)/t25-/m1/s1. The highest BCUT2D eigenvalue weighted by molar-refractivity contribution is 6.00. The Hall–Kier alpha value is -4.14. The van der Waals surface area contributed by atoms with Crippen molar-refractivity contribution in [1.29, 1.82) is 0 Å². The first-order chi connectivity index (χ1) is 16.5. The molecule has 174 valence electrons. The molecule has 9 heteroatoms. The van der Waals surface area contributed by atoms with E-state index < -0.39 is 17.5 Å². The van der Waals surface area contributed by atoms with Crippen LogP contribution in [-0.2, 0) is 4.74 Å². The van der Waals surface area contributed by atoms with Crippen molar-refractivity contribution >= 4 is 29.2 Å². The average molecular weight is 462 g/mol. The van der Waals surface area contributed by atoms with Gasteiger partial charge in [-0.1, -0.05) is 6.07 Å². The first-order valence-corrected chi connectivity index (χ1v) is 10.9. The maximum atomic E-state index is 13.7. The van der Waals surface area contributed by atoms with Crippen LogP contribution in [0.2, 0.25) is 0 Å². The van der Waals surface area contributed by atoms with E-state index in [0.29, 0.717) is 30.0 Å².